The first-order chi connectivity index (χ1) is 5.86. The van der Waals surface area contributed by atoms with Crippen molar-refractivity contribution in [2.75, 3.05) is 13.2 Å². The average molecular weight is 167 g/mol. The number of hydrogen-bond acceptors (Lipinski definition) is 3. The molecule has 0 unspecified atom stereocenters. The first-order valence-electron chi connectivity index (χ1n) is 4.37. The number of rotatable bonds is 1. The molecule has 2 heterocycles. The van der Waals surface area contributed by atoms with Crippen LogP contribution >= 0.6 is 0 Å². The second kappa shape index (κ2) is 3.27. The van der Waals surface area contributed by atoms with E-state index in [1.165, 1.54) is 0 Å². The zero-order valence-electron chi connectivity index (χ0n) is 7.25. The Morgan fingerprint density at radius 2 is 2.17 bits per heavy atom. The SMILES string of the molecule is Cc1cc(C2CCOCC2)no1. The Hall–Kier alpha value is -0.830. The number of ether oxygens (including phenoxy) is 1. The summed E-state index contributed by atoms with van der Waals surface area (Å²) >= 11 is 0. The molecule has 1 aromatic rings. The highest BCUT2D eigenvalue weighted by molar-refractivity contribution is 5.09. The predicted octanol–water partition coefficient (Wildman–Crippen LogP) is 1.88. The summed E-state index contributed by atoms with van der Waals surface area (Å²) in [7, 11) is 0. The molecule has 0 N–H and O–H groups in total. The summed E-state index contributed by atoms with van der Waals surface area (Å²) in [5, 5.41) is 4.01. The summed E-state index contributed by atoms with van der Waals surface area (Å²) in [5.74, 6) is 1.45. The Balaban J connectivity index is 2.08. The average Bonchev–Trinajstić information content (AvgIpc) is 2.54. The van der Waals surface area contributed by atoms with Gasteiger partial charge in [-0.2, -0.15) is 0 Å². The molecule has 0 aromatic carbocycles. The number of nitrogens with zero attached hydrogens (tertiary/aromatic N) is 1. The minimum atomic E-state index is 0.552. The molecule has 12 heavy (non-hydrogen) atoms. The first kappa shape index (κ1) is 7.80. The van der Waals surface area contributed by atoms with Crippen molar-refractivity contribution in [2.24, 2.45) is 0 Å². The molecule has 0 atom stereocenters. The van der Waals surface area contributed by atoms with E-state index in [2.05, 4.69) is 5.16 Å². The van der Waals surface area contributed by atoms with Gasteiger partial charge in [0.15, 0.2) is 0 Å². The van der Waals surface area contributed by atoms with Gasteiger partial charge in [-0.1, -0.05) is 5.16 Å². The van der Waals surface area contributed by atoms with Gasteiger partial charge in [0.25, 0.3) is 0 Å². The smallest absolute Gasteiger partial charge is 0.133 e. The highest BCUT2D eigenvalue weighted by Crippen LogP contribution is 2.25. The maximum atomic E-state index is 5.27. The van der Waals surface area contributed by atoms with Gasteiger partial charge in [0.05, 0.1) is 5.69 Å². The van der Waals surface area contributed by atoms with Crippen molar-refractivity contribution >= 4 is 0 Å². The molecule has 1 fully saturated rings. The molecule has 2 rings (SSSR count). The largest absolute Gasteiger partial charge is 0.381 e. The Bertz CT molecular complexity index is 251. The van der Waals surface area contributed by atoms with Gasteiger partial charge in [0.2, 0.25) is 0 Å². The lowest BCUT2D eigenvalue weighted by molar-refractivity contribution is 0.0838. The van der Waals surface area contributed by atoms with Gasteiger partial charge in [-0.05, 0) is 19.8 Å². The minimum Gasteiger partial charge on any atom is -0.381 e. The van der Waals surface area contributed by atoms with Crippen molar-refractivity contribution < 1.29 is 9.26 Å². The van der Waals surface area contributed by atoms with Crippen molar-refractivity contribution in [1.29, 1.82) is 0 Å². The molecule has 0 aliphatic carbocycles. The van der Waals surface area contributed by atoms with Gasteiger partial charge in [0, 0.05) is 25.2 Å². The normalized spacial score (nSPS) is 19.8. The summed E-state index contributed by atoms with van der Waals surface area (Å²) in [6.07, 6.45) is 2.15. The van der Waals surface area contributed by atoms with Gasteiger partial charge in [0.1, 0.15) is 5.76 Å². The zero-order chi connectivity index (χ0) is 8.39. The van der Waals surface area contributed by atoms with Gasteiger partial charge < -0.3 is 9.26 Å². The van der Waals surface area contributed by atoms with Crippen LogP contribution in [0.2, 0.25) is 0 Å². The van der Waals surface area contributed by atoms with Crippen molar-refractivity contribution in [1.82, 2.24) is 5.16 Å². The van der Waals surface area contributed by atoms with E-state index in [-0.39, 0.29) is 0 Å². The van der Waals surface area contributed by atoms with Gasteiger partial charge >= 0.3 is 0 Å². The maximum absolute atomic E-state index is 5.27. The Labute approximate surface area is 71.7 Å². The van der Waals surface area contributed by atoms with Crippen LogP contribution in [-0.2, 0) is 4.74 Å². The van der Waals surface area contributed by atoms with E-state index in [4.69, 9.17) is 9.26 Å². The molecule has 3 heteroatoms. The third kappa shape index (κ3) is 1.50. The molecule has 66 valence electrons. The lowest BCUT2D eigenvalue weighted by atomic mass is 9.97. The fourth-order valence-corrected chi connectivity index (χ4v) is 1.57. The van der Waals surface area contributed by atoms with Crippen LogP contribution in [0.25, 0.3) is 0 Å². The molecule has 1 aliphatic heterocycles. The minimum absolute atomic E-state index is 0.552. The Kier molecular flexibility index (Phi) is 2.13. The topological polar surface area (TPSA) is 35.3 Å². The second-order valence-electron chi connectivity index (χ2n) is 3.25. The summed E-state index contributed by atoms with van der Waals surface area (Å²) in [6.45, 7) is 3.64. The third-order valence-corrected chi connectivity index (χ3v) is 2.29. The van der Waals surface area contributed by atoms with E-state index in [9.17, 15) is 0 Å². The fraction of sp³-hybridized carbons (Fsp3) is 0.667. The summed E-state index contributed by atoms with van der Waals surface area (Å²) in [5.41, 5.74) is 1.09. The molecule has 0 bridgehead atoms. The fourth-order valence-electron chi connectivity index (χ4n) is 1.57. The van der Waals surface area contributed by atoms with Crippen LogP contribution in [0.4, 0.5) is 0 Å². The standard InChI is InChI=1S/C9H13NO2/c1-7-6-9(10-12-7)8-2-4-11-5-3-8/h6,8H,2-5H2,1H3. The van der Waals surface area contributed by atoms with Crippen LogP contribution in [0, 0.1) is 6.92 Å². The first-order valence-corrected chi connectivity index (χ1v) is 4.37. The summed E-state index contributed by atoms with van der Waals surface area (Å²) < 4.78 is 10.3. The summed E-state index contributed by atoms with van der Waals surface area (Å²) in [4.78, 5) is 0. The molecule has 0 radical (unpaired) electrons. The number of aryl methyl sites for hydroxylation is 1. The lowest BCUT2D eigenvalue weighted by Crippen LogP contribution is -2.14. The van der Waals surface area contributed by atoms with Crippen LogP contribution in [0.5, 0.6) is 0 Å². The lowest BCUT2D eigenvalue weighted by Gasteiger charge is -2.19. The van der Waals surface area contributed by atoms with Gasteiger partial charge in [-0.25, -0.2) is 0 Å². The highest BCUT2D eigenvalue weighted by Gasteiger charge is 2.18. The molecule has 1 saturated heterocycles. The molecular weight excluding hydrogens is 154 g/mol. The number of hydrogen-bond donors (Lipinski definition) is 0. The predicted molar refractivity (Wildman–Crippen MR) is 44.0 cm³/mol. The molecule has 1 aromatic heterocycles. The van der Waals surface area contributed by atoms with Gasteiger partial charge in [-0.15, -0.1) is 0 Å². The van der Waals surface area contributed by atoms with E-state index in [0.29, 0.717) is 5.92 Å². The van der Waals surface area contributed by atoms with Crippen molar-refractivity contribution in [3.05, 3.63) is 17.5 Å². The summed E-state index contributed by atoms with van der Waals surface area (Å²) in [6, 6.07) is 2.02. The maximum Gasteiger partial charge on any atom is 0.133 e. The monoisotopic (exact) mass is 167 g/mol. The van der Waals surface area contributed by atoms with E-state index in [0.717, 1.165) is 37.5 Å². The van der Waals surface area contributed by atoms with Crippen LogP contribution in [-0.4, -0.2) is 18.4 Å². The highest BCUT2D eigenvalue weighted by atomic mass is 16.5. The Morgan fingerprint density at radius 3 is 2.75 bits per heavy atom. The van der Waals surface area contributed by atoms with Crippen LogP contribution in [0.3, 0.4) is 0 Å². The zero-order valence-corrected chi connectivity index (χ0v) is 7.25. The van der Waals surface area contributed by atoms with Crippen molar-refractivity contribution in [2.45, 2.75) is 25.7 Å². The van der Waals surface area contributed by atoms with Crippen molar-refractivity contribution in [3.8, 4) is 0 Å². The quantitative estimate of drug-likeness (QED) is 0.640. The van der Waals surface area contributed by atoms with E-state index >= 15 is 0 Å². The molecule has 0 spiro atoms. The van der Waals surface area contributed by atoms with Crippen molar-refractivity contribution in [3.63, 3.8) is 0 Å². The number of aromatic nitrogens is 1. The third-order valence-electron chi connectivity index (χ3n) is 2.29. The molecular formula is C9H13NO2. The van der Waals surface area contributed by atoms with Crippen LogP contribution in [0.1, 0.15) is 30.2 Å². The van der Waals surface area contributed by atoms with Crippen LogP contribution < -0.4 is 0 Å². The molecule has 3 nitrogen and oxygen atoms in total. The van der Waals surface area contributed by atoms with Crippen LogP contribution in [0.15, 0.2) is 10.6 Å². The molecule has 0 saturated carbocycles. The molecule has 0 amide bonds. The van der Waals surface area contributed by atoms with E-state index in [1.807, 2.05) is 13.0 Å². The van der Waals surface area contributed by atoms with E-state index in [1.54, 1.807) is 0 Å². The van der Waals surface area contributed by atoms with E-state index < -0.39 is 0 Å². The Morgan fingerprint density at radius 1 is 1.42 bits per heavy atom. The van der Waals surface area contributed by atoms with Gasteiger partial charge in [-0.3, -0.25) is 0 Å². The second-order valence-corrected chi connectivity index (χ2v) is 3.25. The molecule has 1 aliphatic rings.